The van der Waals surface area contributed by atoms with Crippen molar-refractivity contribution in [1.29, 1.82) is 0 Å². The van der Waals surface area contributed by atoms with Gasteiger partial charge in [0.1, 0.15) is 0 Å². The Hall–Kier alpha value is -1.64. The van der Waals surface area contributed by atoms with Gasteiger partial charge in [-0.15, -0.1) is 0 Å². The quantitative estimate of drug-likeness (QED) is 0.508. The number of benzene rings is 2. The lowest BCUT2D eigenvalue weighted by Crippen LogP contribution is -2.45. The summed E-state index contributed by atoms with van der Waals surface area (Å²) in [5, 5.41) is 0. The number of nitrogens with zero attached hydrogens (tertiary/aromatic N) is 2. The molecule has 0 aromatic heterocycles. The molecule has 2 nitrogen and oxygen atoms in total. The molecule has 141 valence electrons. The minimum Gasteiger partial charge on any atom is -0.295 e. The molecule has 2 heteroatoms. The van der Waals surface area contributed by atoms with E-state index in [1.165, 1.54) is 11.1 Å². The lowest BCUT2D eigenvalue weighted by Gasteiger charge is -2.41. The maximum absolute atomic E-state index is 2.65. The smallest absolute Gasteiger partial charge is 0.0561 e. The van der Waals surface area contributed by atoms with Gasteiger partial charge in [-0.25, -0.2) is 0 Å². The van der Waals surface area contributed by atoms with Crippen molar-refractivity contribution in [2.24, 2.45) is 0 Å². The predicted molar refractivity (Wildman–Crippen MR) is 113 cm³/mol. The van der Waals surface area contributed by atoms with Crippen LogP contribution in [0.15, 0.2) is 60.7 Å². The van der Waals surface area contributed by atoms with Crippen molar-refractivity contribution < 1.29 is 0 Å². The Labute approximate surface area is 160 Å². The van der Waals surface area contributed by atoms with E-state index in [0.29, 0.717) is 6.04 Å². The molecule has 26 heavy (non-hydrogen) atoms. The van der Waals surface area contributed by atoms with Crippen molar-refractivity contribution in [1.82, 2.24) is 9.80 Å². The SMILES string of the molecule is CC[C](C(CC)N(Cc1ccccc1)Cc1ccccc1)N(CC)CC. The third-order valence-corrected chi connectivity index (χ3v) is 5.20. The van der Waals surface area contributed by atoms with Gasteiger partial charge in [-0.05, 0) is 37.1 Å². The lowest BCUT2D eigenvalue weighted by atomic mass is 9.97. The maximum atomic E-state index is 2.65. The van der Waals surface area contributed by atoms with Crippen LogP contribution in [0.4, 0.5) is 0 Å². The predicted octanol–water partition coefficient (Wildman–Crippen LogP) is 5.75. The molecule has 0 saturated carbocycles. The molecule has 0 fully saturated rings. The summed E-state index contributed by atoms with van der Waals surface area (Å²) in [5.74, 6) is 0. The average molecular weight is 352 g/mol. The third kappa shape index (κ3) is 5.69. The molecule has 0 heterocycles. The Morgan fingerprint density at radius 2 is 1.19 bits per heavy atom. The Bertz CT molecular complexity index is 551. The number of likely N-dealkylation sites (N-methyl/N-ethyl adjacent to an activating group) is 1. The van der Waals surface area contributed by atoms with E-state index in [1.807, 2.05) is 0 Å². The van der Waals surface area contributed by atoms with E-state index in [2.05, 4.69) is 98.2 Å². The molecule has 0 aliphatic rings. The van der Waals surface area contributed by atoms with Crippen molar-refractivity contribution in [3.05, 3.63) is 77.8 Å². The van der Waals surface area contributed by atoms with Crippen molar-refractivity contribution >= 4 is 0 Å². The van der Waals surface area contributed by atoms with Gasteiger partial charge >= 0.3 is 0 Å². The van der Waals surface area contributed by atoms with Crippen molar-refractivity contribution in [3.8, 4) is 0 Å². The van der Waals surface area contributed by atoms with Gasteiger partial charge in [0.15, 0.2) is 0 Å². The van der Waals surface area contributed by atoms with Crippen molar-refractivity contribution in [2.75, 3.05) is 13.1 Å². The van der Waals surface area contributed by atoms with Crippen LogP contribution < -0.4 is 0 Å². The van der Waals surface area contributed by atoms with Crippen LogP contribution in [0, 0.1) is 6.04 Å². The molecule has 2 aromatic rings. The highest BCUT2D eigenvalue weighted by atomic mass is 15.2. The molecule has 1 atom stereocenters. The zero-order valence-electron chi connectivity index (χ0n) is 17.0. The first-order chi connectivity index (χ1) is 12.7. The molecule has 0 spiro atoms. The summed E-state index contributed by atoms with van der Waals surface area (Å²) in [6.45, 7) is 13.3. The molecule has 1 radical (unpaired) electrons. The molecule has 0 bridgehead atoms. The molecule has 0 aliphatic carbocycles. The van der Waals surface area contributed by atoms with Crippen LogP contribution in [-0.4, -0.2) is 28.9 Å². The molecule has 0 N–H and O–H groups in total. The van der Waals surface area contributed by atoms with E-state index in [9.17, 15) is 0 Å². The number of rotatable bonds is 11. The molecule has 1 unspecified atom stereocenters. The Kier molecular flexibility index (Phi) is 8.87. The van der Waals surface area contributed by atoms with E-state index in [4.69, 9.17) is 0 Å². The van der Waals surface area contributed by atoms with Gasteiger partial charge < -0.3 is 0 Å². The summed E-state index contributed by atoms with van der Waals surface area (Å²) >= 11 is 0. The second-order valence-corrected chi connectivity index (χ2v) is 6.82. The van der Waals surface area contributed by atoms with Crippen LogP contribution in [-0.2, 0) is 13.1 Å². The van der Waals surface area contributed by atoms with Crippen LogP contribution in [0.2, 0.25) is 0 Å². The van der Waals surface area contributed by atoms with Crippen LogP contribution in [0.3, 0.4) is 0 Å². The largest absolute Gasteiger partial charge is 0.295 e. The topological polar surface area (TPSA) is 6.48 Å². The van der Waals surface area contributed by atoms with Crippen molar-refractivity contribution in [3.63, 3.8) is 0 Å². The Morgan fingerprint density at radius 1 is 0.731 bits per heavy atom. The molecule has 2 rings (SSSR count). The number of hydrogen-bond acceptors (Lipinski definition) is 2. The van der Waals surface area contributed by atoms with Gasteiger partial charge in [0.05, 0.1) is 6.04 Å². The summed E-state index contributed by atoms with van der Waals surface area (Å²) in [5.41, 5.74) is 2.77. The fraction of sp³-hybridized carbons (Fsp3) is 0.458. The highest BCUT2D eigenvalue weighted by Gasteiger charge is 2.29. The number of hydrogen-bond donors (Lipinski definition) is 0. The van der Waals surface area contributed by atoms with Gasteiger partial charge in [0.2, 0.25) is 0 Å². The maximum Gasteiger partial charge on any atom is 0.0561 e. The fourth-order valence-corrected chi connectivity index (χ4v) is 3.92. The van der Waals surface area contributed by atoms with Gasteiger partial charge in [-0.1, -0.05) is 88.4 Å². The first-order valence-electron chi connectivity index (χ1n) is 10.2. The van der Waals surface area contributed by atoms with Crippen molar-refractivity contribution in [2.45, 2.75) is 59.7 Å². The summed E-state index contributed by atoms with van der Waals surface area (Å²) in [6.07, 6.45) is 2.25. The average Bonchev–Trinajstić information content (AvgIpc) is 2.69. The minimum absolute atomic E-state index is 0.473. The van der Waals surface area contributed by atoms with Gasteiger partial charge in [-0.3, -0.25) is 9.80 Å². The lowest BCUT2D eigenvalue weighted by molar-refractivity contribution is 0.124. The van der Waals surface area contributed by atoms with Crippen LogP contribution in [0.5, 0.6) is 0 Å². The first kappa shape index (κ1) is 20.7. The molecule has 2 aromatic carbocycles. The van der Waals surface area contributed by atoms with E-state index in [0.717, 1.165) is 39.0 Å². The van der Waals surface area contributed by atoms with Crippen LogP contribution >= 0.6 is 0 Å². The molecule has 0 aliphatic heterocycles. The van der Waals surface area contributed by atoms with Gasteiger partial charge in [0, 0.05) is 19.1 Å². The second kappa shape index (κ2) is 11.2. The normalized spacial score (nSPS) is 12.9. The molecular formula is C24H35N2. The molecule has 0 amide bonds. The molecular weight excluding hydrogens is 316 g/mol. The van der Waals surface area contributed by atoms with E-state index in [1.54, 1.807) is 6.04 Å². The third-order valence-electron chi connectivity index (χ3n) is 5.20. The van der Waals surface area contributed by atoms with Gasteiger partial charge in [0.25, 0.3) is 0 Å². The highest BCUT2D eigenvalue weighted by Crippen LogP contribution is 2.27. The van der Waals surface area contributed by atoms with Gasteiger partial charge in [-0.2, -0.15) is 0 Å². The Morgan fingerprint density at radius 3 is 1.54 bits per heavy atom. The zero-order chi connectivity index (χ0) is 18.8. The zero-order valence-corrected chi connectivity index (χ0v) is 17.0. The standard InChI is InChI=1S/C24H35N2/c1-5-23(25(7-3)8-4)24(6-2)26(19-21-15-11-9-12-16-21)20-22-17-13-10-14-18-22/h9-18,24H,5-8,19-20H2,1-4H3. The summed E-state index contributed by atoms with van der Waals surface area (Å²) < 4.78 is 0. The second-order valence-electron chi connectivity index (χ2n) is 6.82. The molecule has 0 saturated heterocycles. The summed E-state index contributed by atoms with van der Waals surface area (Å²) in [6, 6.07) is 23.8. The Balaban J connectivity index is 2.29. The van der Waals surface area contributed by atoms with E-state index >= 15 is 0 Å². The van der Waals surface area contributed by atoms with E-state index < -0.39 is 0 Å². The summed E-state index contributed by atoms with van der Waals surface area (Å²) in [4.78, 5) is 5.21. The van der Waals surface area contributed by atoms with Crippen LogP contribution in [0.1, 0.15) is 51.7 Å². The monoisotopic (exact) mass is 351 g/mol. The first-order valence-corrected chi connectivity index (χ1v) is 10.2. The highest BCUT2D eigenvalue weighted by molar-refractivity contribution is 5.18. The minimum atomic E-state index is 0.473. The van der Waals surface area contributed by atoms with E-state index in [-0.39, 0.29) is 0 Å². The fourth-order valence-electron chi connectivity index (χ4n) is 3.92. The summed E-state index contributed by atoms with van der Waals surface area (Å²) in [7, 11) is 0. The van der Waals surface area contributed by atoms with Crippen LogP contribution in [0.25, 0.3) is 0 Å².